The molecular weight excluding hydrogens is 458 g/mol. The van der Waals surface area contributed by atoms with Gasteiger partial charge >= 0.3 is 10.2 Å². The number of amidine groups is 1. The van der Waals surface area contributed by atoms with Crippen LogP contribution >= 0.6 is 0 Å². The van der Waals surface area contributed by atoms with Gasteiger partial charge in [-0.05, 0) is 37.6 Å². The molecule has 0 unspecified atom stereocenters. The number of sulfonamides is 1. The molecule has 13 heteroatoms. The third-order valence-electron chi connectivity index (χ3n) is 4.38. The second kappa shape index (κ2) is 9.73. The van der Waals surface area contributed by atoms with Gasteiger partial charge in [0.05, 0.1) is 17.4 Å². The molecule has 0 amide bonds. The Hall–Kier alpha value is -2.87. The van der Waals surface area contributed by atoms with Crippen LogP contribution in [0.15, 0.2) is 56.3 Å². The van der Waals surface area contributed by atoms with Gasteiger partial charge in [0.25, 0.3) is 0 Å². The second-order valence-electron chi connectivity index (χ2n) is 7.05. The molecule has 5 N–H and O–H groups in total. The predicted octanol–water partition coefficient (Wildman–Crippen LogP) is 1.81. The van der Waals surface area contributed by atoms with Crippen LogP contribution in [0.1, 0.15) is 30.9 Å². The Morgan fingerprint density at radius 3 is 2.41 bits per heavy atom. The lowest BCUT2D eigenvalue weighted by Crippen LogP contribution is -2.30. The zero-order valence-electron chi connectivity index (χ0n) is 18.2. The highest BCUT2D eigenvalue weighted by Crippen LogP contribution is 2.32. The molecule has 0 radical (unpaired) electrons. The van der Waals surface area contributed by atoms with Crippen molar-refractivity contribution in [1.82, 2.24) is 9.62 Å². The molecule has 1 aromatic heterocycles. The van der Waals surface area contributed by atoms with Crippen molar-refractivity contribution in [2.75, 3.05) is 19.4 Å². The molecule has 0 saturated carbocycles. The summed E-state index contributed by atoms with van der Waals surface area (Å²) in [7, 11) is -5.70. The van der Waals surface area contributed by atoms with E-state index in [9.17, 15) is 21.9 Å². The van der Waals surface area contributed by atoms with E-state index in [4.69, 9.17) is 9.56 Å². The molecule has 2 aromatic rings. The number of hydrogen-bond acceptors (Lipinski definition) is 7. The summed E-state index contributed by atoms with van der Waals surface area (Å²) in [5, 5.41) is 21.2. The monoisotopic (exact) mass is 485 g/mol. The SMILES string of the molecule is C=C(N[C@H](CC)c1ccc(C)o1)C(=NS(N)(=O)=O)Nc1cccc(S(=O)(=O)N(C)C)c1O. The largest absolute Gasteiger partial charge is 0.504 e. The number of aromatic hydroxyl groups is 1. The molecule has 1 heterocycles. The number of phenols is 1. The number of furan rings is 1. The van der Waals surface area contributed by atoms with E-state index in [0.717, 1.165) is 4.31 Å². The van der Waals surface area contributed by atoms with Gasteiger partial charge in [-0.3, -0.25) is 0 Å². The molecule has 0 bridgehead atoms. The summed E-state index contributed by atoms with van der Waals surface area (Å²) >= 11 is 0. The Kier molecular flexibility index (Phi) is 7.72. The number of nitrogens with zero attached hydrogens (tertiary/aromatic N) is 2. The van der Waals surface area contributed by atoms with Crippen LogP contribution in [0.5, 0.6) is 5.75 Å². The van der Waals surface area contributed by atoms with Crippen LogP contribution in [0.3, 0.4) is 0 Å². The smallest absolute Gasteiger partial charge is 0.319 e. The van der Waals surface area contributed by atoms with Crippen molar-refractivity contribution >= 4 is 31.8 Å². The fourth-order valence-corrected chi connectivity index (χ4v) is 4.14. The maximum atomic E-state index is 12.4. The number of rotatable bonds is 9. The third kappa shape index (κ3) is 6.09. The zero-order chi connectivity index (χ0) is 24.3. The summed E-state index contributed by atoms with van der Waals surface area (Å²) in [5.74, 6) is 0.350. The van der Waals surface area contributed by atoms with Crippen molar-refractivity contribution in [2.24, 2.45) is 9.54 Å². The van der Waals surface area contributed by atoms with Crippen LogP contribution in [0.4, 0.5) is 5.69 Å². The lowest BCUT2D eigenvalue weighted by Gasteiger charge is -2.21. The van der Waals surface area contributed by atoms with E-state index in [0.29, 0.717) is 17.9 Å². The van der Waals surface area contributed by atoms with Gasteiger partial charge in [0.1, 0.15) is 16.4 Å². The molecule has 0 aliphatic heterocycles. The van der Waals surface area contributed by atoms with E-state index in [1.54, 1.807) is 19.1 Å². The summed E-state index contributed by atoms with van der Waals surface area (Å²) < 4.78 is 58.2. The van der Waals surface area contributed by atoms with E-state index >= 15 is 0 Å². The first-order chi connectivity index (χ1) is 14.8. The topological polar surface area (TPSA) is 167 Å². The maximum absolute atomic E-state index is 12.4. The summed E-state index contributed by atoms with van der Waals surface area (Å²) in [6.07, 6.45) is 0.566. The number of anilines is 1. The summed E-state index contributed by atoms with van der Waals surface area (Å²) in [6, 6.07) is 7.14. The molecule has 1 aromatic carbocycles. The van der Waals surface area contributed by atoms with Gasteiger partial charge in [0, 0.05) is 14.1 Å². The first-order valence-electron chi connectivity index (χ1n) is 9.42. The van der Waals surface area contributed by atoms with E-state index in [1.807, 2.05) is 6.92 Å². The summed E-state index contributed by atoms with van der Waals surface area (Å²) in [4.78, 5) is -0.376. The van der Waals surface area contributed by atoms with E-state index in [2.05, 4.69) is 21.6 Å². The Bertz CT molecular complexity index is 1230. The average molecular weight is 486 g/mol. The normalized spacial score (nSPS) is 13.8. The van der Waals surface area contributed by atoms with Gasteiger partial charge in [0.2, 0.25) is 10.0 Å². The van der Waals surface area contributed by atoms with Crippen LogP contribution in [-0.4, -0.2) is 46.2 Å². The van der Waals surface area contributed by atoms with Crippen molar-refractivity contribution in [2.45, 2.75) is 31.2 Å². The molecule has 1 atom stereocenters. The molecule has 176 valence electrons. The Morgan fingerprint density at radius 1 is 1.25 bits per heavy atom. The van der Waals surface area contributed by atoms with Crippen LogP contribution in [-0.2, 0) is 20.2 Å². The standard InChI is InChI=1S/C19H27N5O6S2/c1-6-14(16-11-10-12(2)30-16)21-13(3)19(23-32(20,28)29)22-15-8-7-9-17(18(15)25)31(26,27)24(4)5/h7-11,14,21,25H,3,6H2,1-2,4-5H3,(H,22,23)(H2,20,28,29)/t14-/m1/s1. The van der Waals surface area contributed by atoms with E-state index in [1.165, 1.54) is 32.3 Å². The number of hydrogen-bond donors (Lipinski definition) is 4. The van der Waals surface area contributed by atoms with E-state index in [-0.39, 0.29) is 28.2 Å². The number of para-hydroxylation sites is 1. The molecule has 11 nitrogen and oxygen atoms in total. The fourth-order valence-electron chi connectivity index (χ4n) is 2.73. The number of benzene rings is 1. The van der Waals surface area contributed by atoms with Gasteiger partial charge in [-0.25, -0.2) is 17.9 Å². The second-order valence-corrected chi connectivity index (χ2v) is 10.4. The van der Waals surface area contributed by atoms with Crippen molar-refractivity contribution in [3.05, 3.63) is 54.1 Å². The number of aryl methyl sites for hydroxylation is 1. The lowest BCUT2D eigenvalue weighted by molar-refractivity contribution is 0.415. The highest BCUT2D eigenvalue weighted by molar-refractivity contribution is 7.89. The van der Waals surface area contributed by atoms with Gasteiger partial charge in [-0.2, -0.15) is 8.42 Å². The number of nitrogens with one attached hydrogen (secondary N) is 2. The molecule has 0 aliphatic rings. The van der Waals surface area contributed by atoms with Gasteiger partial charge in [-0.1, -0.05) is 19.6 Å². The van der Waals surface area contributed by atoms with Crippen molar-refractivity contribution < 1.29 is 26.4 Å². The molecule has 2 rings (SSSR count). The summed E-state index contributed by atoms with van der Waals surface area (Å²) in [5.41, 5.74) is -0.0830. The Morgan fingerprint density at radius 2 is 1.91 bits per heavy atom. The number of phenolic OH excluding ortho intramolecular Hbond substituents is 1. The van der Waals surface area contributed by atoms with Crippen molar-refractivity contribution in [1.29, 1.82) is 0 Å². The first-order valence-corrected chi connectivity index (χ1v) is 12.4. The van der Waals surface area contributed by atoms with Gasteiger partial charge in [-0.15, -0.1) is 4.40 Å². The molecule has 32 heavy (non-hydrogen) atoms. The van der Waals surface area contributed by atoms with Crippen LogP contribution in [0.25, 0.3) is 0 Å². The van der Waals surface area contributed by atoms with Crippen LogP contribution in [0.2, 0.25) is 0 Å². The van der Waals surface area contributed by atoms with Crippen LogP contribution < -0.4 is 15.8 Å². The highest BCUT2D eigenvalue weighted by atomic mass is 32.2. The fraction of sp³-hybridized carbons (Fsp3) is 0.316. The maximum Gasteiger partial charge on any atom is 0.319 e. The Balaban J connectivity index is 2.44. The highest BCUT2D eigenvalue weighted by Gasteiger charge is 2.24. The molecule has 0 spiro atoms. The minimum atomic E-state index is -4.36. The minimum Gasteiger partial charge on any atom is -0.504 e. The first kappa shape index (κ1) is 25.4. The lowest BCUT2D eigenvalue weighted by atomic mass is 10.1. The van der Waals surface area contributed by atoms with Crippen molar-refractivity contribution in [3.63, 3.8) is 0 Å². The quantitative estimate of drug-likeness (QED) is 0.237. The van der Waals surface area contributed by atoms with E-state index < -0.39 is 26.0 Å². The molecule has 0 saturated heterocycles. The van der Waals surface area contributed by atoms with Crippen molar-refractivity contribution in [3.8, 4) is 5.75 Å². The average Bonchev–Trinajstić information content (AvgIpc) is 3.11. The summed E-state index contributed by atoms with van der Waals surface area (Å²) in [6.45, 7) is 7.48. The molecule has 0 aliphatic carbocycles. The van der Waals surface area contributed by atoms with Gasteiger partial charge < -0.3 is 20.2 Å². The Labute approximate surface area is 187 Å². The third-order valence-corrected chi connectivity index (χ3v) is 6.66. The minimum absolute atomic E-state index is 0.0280. The van der Waals surface area contributed by atoms with Gasteiger partial charge in [0.15, 0.2) is 11.6 Å². The van der Waals surface area contributed by atoms with Crippen LogP contribution in [0, 0.1) is 6.92 Å². The number of nitrogens with two attached hydrogens (primary N) is 1. The molecule has 0 fully saturated rings. The zero-order valence-corrected chi connectivity index (χ0v) is 19.8. The molecular formula is C19H27N5O6S2. The predicted molar refractivity (Wildman–Crippen MR) is 122 cm³/mol.